The van der Waals surface area contributed by atoms with E-state index in [0.29, 0.717) is 25.1 Å². The molecule has 2 aromatic rings. The van der Waals surface area contributed by atoms with Crippen LogP contribution in [0, 0.1) is 0 Å². The number of rotatable bonds is 2. The Kier molecular flexibility index (Phi) is 4.30. The zero-order valence-corrected chi connectivity index (χ0v) is 13.0. The summed E-state index contributed by atoms with van der Waals surface area (Å²) in [5.41, 5.74) is -3.40. The van der Waals surface area contributed by atoms with E-state index in [-0.39, 0.29) is 17.2 Å². The number of aromatic nitrogens is 1. The van der Waals surface area contributed by atoms with Crippen LogP contribution in [0.4, 0.5) is 26.3 Å². The monoisotopic (exact) mass is 364 g/mol. The van der Waals surface area contributed by atoms with E-state index < -0.39 is 35.2 Å². The number of hydrogen-bond donors (Lipinski definition) is 1. The van der Waals surface area contributed by atoms with Crippen molar-refractivity contribution in [3.8, 4) is 5.75 Å². The normalized spacial score (nSPS) is 21.7. The Morgan fingerprint density at radius 3 is 2.40 bits per heavy atom. The van der Waals surface area contributed by atoms with E-state index in [1.165, 1.54) is 6.07 Å². The molecule has 0 spiro atoms. The average molecular weight is 364 g/mol. The summed E-state index contributed by atoms with van der Waals surface area (Å²) in [7, 11) is 0. The number of benzene rings is 1. The highest BCUT2D eigenvalue weighted by atomic mass is 19.4. The Morgan fingerprint density at radius 1 is 1.12 bits per heavy atom. The van der Waals surface area contributed by atoms with Crippen LogP contribution in [0.15, 0.2) is 24.3 Å². The van der Waals surface area contributed by atoms with Gasteiger partial charge in [-0.05, 0) is 19.1 Å². The van der Waals surface area contributed by atoms with Crippen LogP contribution in [0.1, 0.15) is 24.6 Å². The van der Waals surface area contributed by atoms with Crippen molar-refractivity contribution in [3.63, 3.8) is 0 Å². The Hall–Kier alpha value is -2.03. The van der Waals surface area contributed by atoms with Crippen molar-refractivity contribution in [2.75, 3.05) is 6.54 Å². The smallest absolute Gasteiger partial charge is 0.433 e. The highest BCUT2D eigenvalue weighted by molar-refractivity contribution is 5.88. The molecule has 1 saturated heterocycles. The number of hydrogen-bond acceptors (Lipinski definition) is 3. The van der Waals surface area contributed by atoms with E-state index in [1.807, 2.05) is 6.92 Å². The lowest BCUT2D eigenvalue weighted by Gasteiger charge is -2.18. The van der Waals surface area contributed by atoms with E-state index in [0.717, 1.165) is 6.07 Å². The van der Waals surface area contributed by atoms with Crippen LogP contribution in [0.3, 0.4) is 0 Å². The van der Waals surface area contributed by atoms with Crippen LogP contribution in [-0.2, 0) is 12.4 Å². The van der Waals surface area contributed by atoms with Crippen LogP contribution in [0.2, 0.25) is 0 Å². The van der Waals surface area contributed by atoms with Crippen LogP contribution in [-0.4, -0.2) is 23.7 Å². The minimum atomic E-state index is -4.88. The number of halogens is 6. The fourth-order valence-corrected chi connectivity index (χ4v) is 2.85. The lowest BCUT2D eigenvalue weighted by Crippen LogP contribution is -2.21. The number of nitrogens with one attached hydrogen (secondary N) is 1. The molecule has 1 aromatic heterocycles. The van der Waals surface area contributed by atoms with E-state index in [4.69, 9.17) is 4.74 Å². The molecule has 0 radical (unpaired) electrons. The lowest BCUT2D eigenvalue weighted by atomic mass is 10.1. The van der Waals surface area contributed by atoms with E-state index in [1.54, 1.807) is 0 Å². The van der Waals surface area contributed by atoms with Gasteiger partial charge in [0.25, 0.3) is 0 Å². The quantitative estimate of drug-likeness (QED) is 0.802. The Balaban J connectivity index is 2.17. The van der Waals surface area contributed by atoms with Gasteiger partial charge in [0.15, 0.2) is 0 Å². The third-order valence-electron chi connectivity index (χ3n) is 4.00. The number of nitrogens with zero attached hydrogens (tertiary/aromatic N) is 1. The van der Waals surface area contributed by atoms with Gasteiger partial charge in [0, 0.05) is 30.5 Å². The molecule has 0 bridgehead atoms. The molecule has 2 heterocycles. The van der Waals surface area contributed by atoms with Gasteiger partial charge in [-0.3, -0.25) is 0 Å². The number of fused-ring (bicyclic) bond motifs is 1. The molecule has 0 amide bonds. The third-order valence-corrected chi connectivity index (χ3v) is 4.00. The fourth-order valence-electron chi connectivity index (χ4n) is 2.85. The standard InChI is InChI=1S/C16H14F6N2O/c1-8-5-9(7-23-8)25-12-6-13(16(20,21)22)24-14-10(12)3-2-4-11(14)15(17,18)19/h2-4,6,8-9,23H,5,7H2,1H3. The lowest BCUT2D eigenvalue weighted by molar-refractivity contribution is -0.142. The molecule has 3 rings (SSSR count). The maximum Gasteiger partial charge on any atom is 0.433 e. The van der Waals surface area contributed by atoms with Gasteiger partial charge in [-0.25, -0.2) is 4.98 Å². The Bertz CT molecular complexity index is 787. The van der Waals surface area contributed by atoms with E-state index in [9.17, 15) is 26.3 Å². The summed E-state index contributed by atoms with van der Waals surface area (Å²) in [5, 5.41) is 2.98. The van der Waals surface area contributed by atoms with Crippen molar-refractivity contribution >= 4 is 10.9 Å². The van der Waals surface area contributed by atoms with E-state index >= 15 is 0 Å². The minimum Gasteiger partial charge on any atom is -0.488 e. The molecule has 2 atom stereocenters. The largest absolute Gasteiger partial charge is 0.488 e. The molecule has 25 heavy (non-hydrogen) atoms. The summed E-state index contributed by atoms with van der Waals surface area (Å²) in [6, 6.07) is 3.89. The second-order valence-electron chi connectivity index (χ2n) is 5.99. The van der Waals surface area contributed by atoms with Gasteiger partial charge in [-0.1, -0.05) is 6.07 Å². The van der Waals surface area contributed by atoms with Crippen molar-refractivity contribution in [2.45, 2.75) is 37.8 Å². The summed E-state index contributed by atoms with van der Waals surface area (Å²) < 4.78 is 84.3. The van der Waals surface area contributed by atoms with Gasteiger partial charge < -0.3 is 10.1 Å². The van der Waals surface area contributed by atoms with Gasteiger partial charge in [0.2, 0.25) is 0 Å². The molecule has 2 unspecified atom stereocenters. The van der Waals surface area contributed by atoms with Gasteiger partial charge in [-0.15, -0.1) is 0 Å². The maximum atomic E-state index is 13.2. The number of para-hydroxylation sites is 1. The first-order valence-corrected chi connectivity index (χ1v) is 7.54. The highest BCUT2D eigenvalue weighted by Gasteiger charge is 2.38. The van der Waals surface area contributed by atoms with Crippen LogP contribution in [0.25, 0.3) is 10.9 Å². The number of alkyl halides is 6. The highest BCUT2D eigenvalue weighted by Crippen LogP contribution is 2.40. The zero-order chi connectivity index (χ0) is 18.4. The summed E-state index contributed by atoms with van der Waals surface area (Å²) in [6.07, 6.45) is -9.58. The van der Waals surface area contributed by atoms with Crippen LogP contribution >= 0.6 is 0 Å². The molecule has 3 nitrogen and oxygen atoms in total. The van der Waals surface area contributed by atoms with Crippen LogP contribution < -0.4 is 10.1 Å². The molecule has 0 saturated carbocycles. The Labute approximate surface area is 139 Å². The Morgan fingerprint density at radius 2 is 1.84 bits per heavy atom. The van der Waals surface area contributed by atoms with Crippen LogP contribution in [0.5, 0.6) is 5.75 Å². The van der Waals surface area contributed by atoms with Gasteiger partial charge in [0.1, 0.15) is 17.5 Å². The third kappa shape index (κ3) is 3.65. The summed E-state index contributed by atoms with van der Waals surface area (Å²) in [6.45, 7) is 2.29. The first-order chi connectivity index (χ1) is 11.6. The first kappa shape index (κ1) is 17.8. The predicted molar refractivity (Wildman–Crippen MR) is 78.2 cm³/mol. The van der Waals surface area contributed by atoms with E-state index in [2.05, 4.69) is 10.3 Å². The molecule has 1 aliphatic heterocycles. The molecule has 1 N–H and O–H groups in total. The van der Waals surface area contributed by atoms with Crippen molar-refractivity contribution in [2.24, 2.45) is 0 Å². The summed E-state index contributed by atoms with van der Waals surface area (Å²) in [4.78, 5) is 3.22. The van der Waals surface area contributed by atoms with Gasteiger partial charge in [-0.2, -0.15) is 26.3 Å². The molecule has 1 aromatic carbocycles. The minimum absolute atomic E-state index is 0.0950. The average Bonchev–Trinajstić information content (AvgIpc) is 2.89. The summed E-state index contributed by atoms with van der Waals surface area (Å²) >= 11 is 0. The molecule has 0 aliphatic carbocycles. The maximum absolute atomic E-state index is 13.2. The first-order valence-electron chi connectivity index (χ1n) is 7.54. The van der Waals surface area contributed by atoms with Crippen molar-refractivity contribution in [3.05, 3.63) is 35.5 Å². The number of pyridine rings is 1. The predicted octanol–water partition coefficient (Wildman–Crippen LogP) is 4.40. The van der Waals surface area contributed by atoms with Gasteiger partial charge >= 0.3 is 12.4 Å². The van der Waals surface area contributed by atoms with Crippen molar-refractivity contribution in [1.29, 1.82) is 0 Å². The van der Waals surface area contributed by atoms with Gasteiger partial charge in [0.05, 0.1) is 11.1 Å². The summed E-state index contributed by atoms with van der Waals surface area (Å²) in [5.74, 6) is -0.246. The molecule has 1 fully saturated rings. The zero-order valence-electron chi connectivity index (χ0n) is 13.0. The SMILES string of the molecule is CC1CC(Oc2cc(C(F)(F)F)nc3c(C(F)(F)F)cccc23)CN1. The fraction of sp³-hybridized carbons (Fsp3) is 0.438. The molecule has 9 heteroatoms. The topological polar surface area (TPSA) is 34.1 Å². The molecular weight excluding hydrogens is 350 g/mol. The van der Waals surface area contributed by atoms with Crippen molar-refractivity contribution in [1.82, 2.24) is 10.3 Å². The molecular formula is C16H14F6N2O. The second kappa shape index (κ2) is 6.05. The molecule has 1 aliphatic rings. The number of ether oxygens (including phenoxy) is 1. The molecule has 136 valence electrons. The van der Waals surface area contributed by atoms with Crippen molar-refractivity contribution < 1.29 is 31.1 Å². The second-order valence-corrected chi connectivity index (χ2v) is 5.99.